The molecule has 0 bridgehead atoms. The highest BCUT2D eigenvalue weighted by Gasteiger charge is 0.636. The van der Waals surface area contributed by atoms with Crippen molar-refractivity contribution in [2.45, 2.75) is 0 Å². The van der Waals surface area contributed by atoms with E-state index in [0.717, 1.165) is 0 Å². The first-order valence-electron chi connectivity index (χ1n) is 0.289. The van der Waals surface area contributed by atoms with Crippen molar-refractivity contribution in [1.29, 1.82) is 0 Å². The zero-order valence-electron chi connectivity index (χ0n) is 1.52. The number of hydrogen-bond acceptors (Lipinski definition) is 1. The van der Waals surface area contributed by atoms with Crippen molar-refractivity contribution in [2.24, 2.45) is 0 Å². The molecule has 0 amide bonds. The van der Waals surface area contributed by atoms with Gasteiger partial charge in [0.25, 0.3) is 0 Å². The molecule has 0 unspecified atom stereocenters. The van der Waals surface area contributed by atoms with E-state index in [0.29, 0.717) is 0 Å². The van der Waals surface area contributed by atoms with Gasteiger partial charge >= 0.3 is 0 Å². The summed E-state index contributed by atoms with van der Waals surface area (Å²) in [6.07, 6.45) is 0. The predicted octanol–water partition coefficient (Wildman–Crippen LogP) is -0.947. The molecule has 0 fully saturated rings. The van der Waals surface area contributed by atoms with E-state index in [1.165, 1.54) is 0 Å². The average Bonchev–Trinajstić information content (AvgIpc) is 1.00. The van der Waals surface area contributed by atoms with Crippen molar-refractivity contribution >= 4 is 36.6 Å². The molecular formula is CH6AlClO. The third-order valence-electron chi connectivity index (χ3n) is 0. The maximum absolute atomic E-state index is 8.00. The van der Waals surface area contributed by atoms with E-state index in [9.17, 15) is 0 Å². The third-order valence-corrected chi connectivity index (χ3v) is 0. The van der Waals surface area contributed by atoms with Gasteiger partial charge in [0.05, 0.1) is 0 Å². The Hall–Kier alpha value is 0.492. The van der Waals surface area contributed by atoms with Gasteiger partial charge in [0, 0.05) is 0 Å². The lowest BCUT2D eigenvalue weighted by molar-refractivity contribution is -0.0979. The number of rotatable bonds is 0. The third kappa shape index (κ3) is 22.9. The topological polar surface area (TPSA) is 17.1 Å². The minimum atomic E-state index is 0. The summed E-state index contributed by atoms with van der Waals surface area (Å²) in [7, 11) is 0. The summed E-state index contributed by atoms with van der Waals surface area (Å²) >= 11 is 0. The number of halogens is 1. The molecular weight excluding hydrogens is 90.4 g/mol. The zero-order valence-corrected chi connectivity index (χ0v) is 2.34. The van der Waals surface area contributed by atoms with Gasteiger partial charge in [0.15, 0.2) is 17.4 Å². The van der Waals surface area contributed by atoms with Crippen LogP contribution in [0.4, 0.5) is 0 Å². The molecule has 0 radical (unpaired) electrons. The molecule has 0 N–H and O–H groups in total. The Morgan fingerprint density at radius 2 is 1.25 bits per heavy atom. The van der Waals surface area contributed by atoms with Crippen molar-refractivity contribution < 1.29 is 4.79 Å². The first-order chi connectivity index (χ1) is 1.00. The minimum absolute atomic E-state index is 0. The van der Waals surface area contributed by atoms with Gasteiger partial charge in [-0.2, -0.15) is 0 Å². The maximum atomic E-state index is 8.00. The summed E-state index contributed by atoms with van der Waals surface area (Å²) in [5, 5.41) is 0. The first-order valence-corrected chi connectivity index (χ1v) is 0.289. The molecule has 0 saturated carbocycles. The van der Waals surface area contributed by atoms with Crippen molar-refractivity contribution in [3.8, 4) is 0 Å². The van der Waals surface area contributed by atoms with Crippen LogP contribution in [0.25, 0.3) is 0 Å². The Labute approximate surface area is 41.9 Å². The number of carbonyl (C=O) groups is 1. The van der Waals surface area contributed by atoms with Crippen molar-refractivity contribution in [2.75, 3.05) is 0 Å². The fourth-order valence-electron chi connectivity index (χ4n) is 0. The van der Waals surface area contributed by atoms with E-state index in [4.69, 9.17) is 4.79 Å². The molecule has 0 spiro atoms. The standard InChI is InChI=1S/CH2O.Al.ClH.3H/c1-2;;;;;/h1H2;;1H;;;. The monoisotopic (exact) mass is 96.0 g/mol. The number of carbonyl (C=O) groups excluding carboxylic acids is 1. The second kappa shape index (κ2) is 89.5. The highest BCUT2D eigenvalue weighted by atomic mass is 35.5. The largest absolute Gasteiger partial charge is 0.307 e. The number of hydrogen-bond donors (Lipinski definition) is 0. The summed E-state index contributed by atoms with van der Waals surface area (Å²) in [6.45, 7) is 2.00. The summed E-state index contributed by atoms with van der Waals surface area (Å²) in [5.41, 5.74) is 0. The van der Waals surface area contributed by atoms with Gasteiger partial charge in [-0.1, -0.05) is 0 Å². The van der Waals surface area contributed by atoms with Crippen LogP contribution in [0.2, 0.25) is 0 Å². The van der Waals surface area contributed by atoms with Crippen LogP contribution in [0, 0.1) is 0 Å². The van der Waals surface area contributed by atoms with Gasteiger partial charge in [-0.15, -0.1) is 12.4 Å². The highest BCUT2D eigenvalue weighted by Crippen LogP contribution is 0.690. The van der Waals surface area contributed by atoms with Crippen LogP contribution in [-0.4, -0.2) is 24.2 Å². The van der Waals surface area contributed by atoms with Crippen LogP contribution in [-0.2, 0) is 4.79 Å². The minimum Gasteiger partial charge on any atom is -0.307 e. The molecule has 26 valence electrons. The lowest BCUT2D eigenvalue weighted by Gasteiger charge is -0.837. The van der Waals surface area contributed by atoms with Gasteiger partial charge in [0.1, 0.15) is 6.79 Å². The quantitative estimate of drug-likeness (QED) is 0.356. The molecule has 0 aliphatic rings. The lowest BCUT2D eigenvalue weighted by Crippen LogP contribution is -0.925. The van der Waals surface area contributed by atoms with Gasteiger partial charge < -0.3 is 4.79 Å². The summed E-state index contributed by atoms with van der Waals surface area (Å²) < 4.78 is 0. The molecule has 0 aliphatic carbocycles. The van der Waals surface area contributed by atoms with Gasteiger partial charge in [0.2, 0.25) is 0 Å². The maximum Gasteiger partial charge on any atom is 0.187 e. The molecule has 0 atom stereocenters. The van der Waals surface area contributed by atoms with Gasteiger partial charge in [-0.25, -0.2) is 0 Å². The fraction of sp³-hybridized carbons (Fsp3) is 0. The van der Waals surface area contributed by atoms with Crippen molar-refractivity contribution in [3.63, 3.8) is 0 Å². The lowest BCUT2D eigenvalue weighted by atomic mass is 11.9. The Kier molecular flexibility index (Phi) is 550. The molecule has 0 heterocycles. The molecule has 4 heavy (non-hydrogen) atoms. The van der Waals surface area contributed by atoms with E-state index in [1.807, 2.05) is 6.79 Å². The Balaban J connectivity index is -0.00000000500. The highest BCUT2D eigenvalue weighted by molar-refractivity contribution is 5.85. The predicted molar refractivity (Wildman–Crippen MR) is 24.3 cm³/mol. The van der Waals surface area contributed by atoms with Crippen LogP contribution in [0.1, 0.15) is 0 Å². The van der Waals surface area contributed by atoms with E-state index in [-0.39, 0.29) is 29.8 Å². The van der Waals surface area contributed by atoms with E-state index >= 15 is 0 Å². The summed E-state index contributed by atoms with van der Waals surface area (Å²) in [6, 6.07) is 0. The van der Waals surface area contributed by atoms with E-state index in [1.54, 1.807) is 0 Å². The molecule has 0 saturated heterocycles. The Morgan fingerprint density at radius 1 is 1.25 bits per heavy atom. The van der Waals surface area contributed by atoms with E-state index < -0.39 is 0 Å². The summed E-state index contributed by atoms with van der Waals surface area (Å²) in [4.78, 5) is 8.00. The molecule has 0 aromatic heterocycles. The Morgan fingerprint density at radius 3 is 1.25 bits per heavy atom. The second-order valence-electron chi connectivity index (χ2n) is 0. The molecule has 0 aromatic rings. The molecule has 0 aliphatic heterocycles. The second-order valence-corrected chi connectivity index (χ2v) is 0. The van der Waals surface area contributed by atoms with E-state index in [2.05, 4.69) is 0 Å². The van der Waals surface area contributed by atoms with Crippen molar-refractivity contribution in [3.05, 3.63) is 0 Å². The smallest absolute Gasteiger partial charge is 0.187 e. The van der Waals surface area contributed by atoms with Crippen molar-refractivity contribution in [1.82, 2.24) is 0 Å². The van der Waals surface area contributed by atoms with Crippen LogP contribution >= 0.6 is 12.4 Å². The van der Waals surface area contributed by atoms with Crippen LogP contribution in [0.15, 0.2) is 0 Å². The normalized spacial score (nSPS) is 1.00. The Bertz CT molecular complexity index is 8.00. The van der Waals surface area contributed by atoms with Crippen LogP contribution in [0.3, 0.4) is 0 Å². The summed E-state index contributed by atoms with van der Waals surface area (Å²) in [5.74, 6) is 0. The first kappa shape index (κ1) is 24.6. The SMILES string of the molecule is C=O.Cl.[AlH3]. The molecule has 3 heteroatoms. The molecule has 1 nitrogen and oxygen atoms in total. The van der Waals surface area contributed by atoms with Crippen LogP contribution in [0.5, 0.6) is 0 Å². The van der Waals surface area contributed by atoms with Gasteiger partial charge in [-0.3, -0.25) is 0 Å². The molecule has 0 rings (SSSR count). The fourth-order valence-corrected chi connectivity index (χ4v) is 0. The zero-order chi connectivity index (χ0) is 2.00. The average molecular weight is 96.5 g/mol. The van der Waals surface area contributed by atoms with Gasteiger partial charge in [-0.05, 0) is 0 Å². The molecule has 0 aromatic carbocycles. The van der Waals surface area contributed by atoms with Crippen LogP contribution < -0.4 is 0 Å².